The van der Waals surface area contributed by atoms with E-state index in [2.05, 4.69) is 5.32 Å². The van der Waals surface area contributed by atoms with E-state index in [1.807, 2.05) is 6.92 Å². The summed E-state index contributed by atoms with van der Waals surface area (Å²) in [5.74, 6) is -0.698. The minimum Gasteiger partial charge on any atom is -0.369 e. The number of nitrogens with one attached hydrogen (secondary N) is 1. The molecule has 0 unspecified atom stereocenters. The molecule has 0 radical (unpaired) electrons. The maximum Gasteiger partial charge on any atom is 0.241 e. The Morgan fingerprint density at radius 1 is 1.35 bits per heavy atom. The van der Waals surface area contributed by atoms with Gasteiger partial charge in [0.2, 0.25) is 11.8 Å². The van der Waals surface area contributed by atoms with Crippen molar-refractivity contribution in [2.24, 2.45) is 11.5 Å². The van der Waals surface area contributed by atoms with E-state index < -0.39 is 11.9 Å². The van der Waals surface area contributed by atoms with Gasteiger partial charge in [0.05, 0.1) is 12.5 Å². The van der Waals surface area contributed by atoms with Crippen LogP contribution in [0, 0.1) is 0 Å². The van der Waals surface area contributed by atoms with Gasteiger partial charge in [-0.1, -0.05) is 25.1 Å². The predicted octanol–water partition coefficient (Wildman–Crippen LogP) is 0.390. The molecule has 1 aromatic carbocycles. The molecule has 0 aliphatic carbocycles. The summed E-state index contributed by atoms with van der Waals surface area (Å²) >= 11 is 0. The number of rotatable bonds is 5. The molecular weight excluding hydrogens is 218 g/mol. The summed E-state index contributed by atoms with van der Waals surface area (Å²) in [6.07, 6.45) is 0.654. The third-order valence-corrected chi connectivity index (χ3v) is 2.42. The third-order valence-electron chi connectivity index (χ3n) is 2.42. The van der Waals surface area contributed by atoms with Crippen LogP contribution in [0.1, 0.15) is 18.9 Å². The molecule has 5 nitrogen and oxygen atoms in total. The summed E-state index contributed by atoms with van der Waals surface area (Å²) in [7, 11) is 0. The molecule has 0 saturated carbocycles. The fraction of sp³-hybridized carbons (Fsp3) is 0.333. The highest BCUT2D eigenvalue weighted by Crippen LogP contribution is 2.15. The van der Waals surface area contributed by atoms with Gasteiger partial charge in [-0.3, -0.25) is 9.59 Å². The van der Waals surface area contributed by atoms with E-state index in [4.69, 9.17) is 11.5 Å². The second kappa shape index (κ2) is 6.00. The number of amides is 2. The second-order valence-electron chi connectivity index (χ2n) is 3.80. The molecule has 2 amide bonds. The molecule has 0 spiro atoms. The number of primary amides is 1. The first-order valence-corrected chi connectivity index (χ1v) is 5.47. The lowest BCUT2D eigenvalue weighted by molar-refractivity contribution is -0.118. The number of para-hydroxylation sites is 1. The van der Waals surface area contributed by atoms with Crippen LogP contribution in [0.5, 0.6) is 0 Å². The fourth-order valence-corrected chi connectivity index (χ4v) is 1.39. The number of carbonyl (C=O) groups excluding carboxylic acids is 2. The van der Waals surface area contributed by atoms with Gasteiger partial charge >= 0.3 is 0 Å². The molecule has 0 heterocycles. The van der Waals surface area contributed by atoms with Crippen molar-refractivity contribution in [2.45, 2.75) is 25.8 Å². The lowest BCUT2D eigenvalue weighted by Crippen LogP contribution is -2.35. The van der Waals surface area contributed by atoms with E-state index in [9.17, 15) is 9.59 Å². The number of anilines is 1. The third kappa shape index (κ3) is 3.88. The van der Waals surface area contributed by atoms with E-state index in [1.54, 1.807) is 24.3 Å². The molecular formula is C12H17N3O2. The maximum atomic E-state index is 11.6. The summed E-state index contributed by atoms with van der Waals surface area (Å²) in [5, 5.41) is 2.69. The second-order valence-corrected chi connectivity index (χ2v) is 3.80. The predicted molar refractivity (Wildman–Crippen MR) is 66.2 cm³/mol. The smallest absolute Gasteiger partial charge is 0.241 e. The van der Waals surface area contributed by atoms with E-state index in [-0.39, 0.29) is 12.3 Å². The van der Waals surface area contributed by atoms with Crippen molar-refractivity contribution in [2.75, 3.05) is 5.32 Å². The Kier molecular flexibility index (Phi) is 4.66. The molecule has 0 fully saturated rings. The van der Waals surface area contributed by atoms with Crippen molar-refractivity contribution in [1.29, 1.82) is 0 Å². The van der Waals surface area contributed by atoms with E-state index in [0.717, 1.165) is 0 Å². The van der Waals surface area contributed by atoms with Gasteiger partial charge < -0.3 is 16.8 Å². The summed E-state index contributed by atoms with van der Waals surface area (Å²) in [6.45, 7) is 1.83. The Hall–Kier alpha value is -1.88. The first-order valence-electron chi connectivity index (χ1n) is 5.47. The van der Waals surface area contributed by atoms with Gasteiger partial charge in [0, 0.05) is 5.69 Å². The van der Waals surface area contributed by atoms with E-state index >= 15 is 0 Å². The molecule has 0 aliphatic heterocycles. The van der Waals surface area contributed by atoms with Crippen LogP contribution in [0.15, 0.2) is 24.3 Å². The minimum absolute atomic E-state index is 0.0951. The molecule has 1 atom stereocenters. The Bertz CT molecular complexity index is 418. The van der Waals surface area contributed by atoms with Crippen molar-refractivity contribution < 1.29 is 9.59 Å². The summed E-state index contributed by atoms with van der Waals surface area (Å²) in [4.78, 5) is 22.5. The van der Waals surface area contributed by atoms with Crippen molar-refractivity contribution in [3.8, 4) is 0 Å². The van der Waals surface area contributed by atoms with Gasteiger partial charge in [0.1, 0.15) is 0 Å². The number of benzene rings is 1. The highest BCUT2D eigenvalue weighted by atomic mass is 16.2. The van der Waals surface area contributed by atoms with Crippen LogP contribution in [0.3, 0.4) is 0 Å². The van der Waals surface area contributed by atoms with Crippen LogP contribution >= 0.6 is 0 Å². The molecule has 0 aliphatic rings. The first-order chi connectivity index (χ1) is 8.04. The lowest BCUT2D eigenvalue weighted by atomic mass is 10.1. The molecule has 0 aromatic heterocycles. The van der Waals surface area contributed by atoms with Crippen LogP contribution in [-0.2, 0) is 16.0 Å². The van der Waals surface area contributed by atoms with Gasteiger partial charge in [-0.2, -0.15) is 0 Å². The molecule has 5 heteroatoms. The van der Waals surface area contributed by atoms with Gasteiger partial charge in [0.15, 0.2) is 0 Å². The zero-order valence-corrected chi connectivity index (χ0v) is 9.77. The number of hydrogen-bond donors (Lipinski definition) is 3. The summed E-state index contributed by atoms with van der Waals surface area (Å²) in [6, 6.07) is 6.48. The largest absolute Gasteiger partial charge is 0.369 e. The molecule has 17 heavy (non-hydrogen) atoms. The first kappa shape index (κ1) is 13.2. The number of carbonyl (C=O) groups is 2. The topological polar surface area (TPSA) is 98.2 Å². The summed E-state index contributed by atoms with van der Waals surface area (Å²) in [5.41, 5.74) is 12.0. The van der Waals surface area contributed by atoms with Crippen molar-refractivity contribution in [1.82, 2.24) is 0 Å². The Labute approximate surface area is 100 Å². The molecule has 5 N–H and O–H groups in total. The van der Waals surface area contributed by atoms with Crippen molar-refractivity contribution >= 4 is 17.5 Å². The summed E-state index contributed by atoms with van der Waals surface area (Å²) < 4.78 is 0. The van der Waals surface area contributed by atoms with E-state index in [1.165, 1.54) is 0 Å². The van der Waals surface area contributed by atoms with E-state index in [0.29, 0.717) is 17.7 Å². The monoisotopic (exact) mass is 235 g/mol. The van der Waals surface area contributed by atoms with Gasteiger partial charge in [-0.05, 0) is 18.1 Å². The van der Waals surface area contributed by atoms with Crippen molar-refractivity contribution in [3.05, 3.63) is 29.8 Å². The number of nitrogens with two attached hydrogens (primary N) is 2. The highest BCUT2D eigenvalue weighted by molar-refractivity contribution is 5.95. The van der Waals surface area contributed by atoms with Gasteiger partial charge in [-0.25, -0.2) is 0 Å². The standard InChI is InChI=1S/C12H17N3O2/c1-2-9(13)12(17)15-10-6-4-3-5-8(10)7-11(14)16/h3-6,9H,2,7,13H2,1H3,(H2,14,16)(H,15,17)/t9-/m0/s1. The van der Waals surface area contributed by atoms with Crippen LogP contribution < -0.4 is 16.8 Å². The Balaban J connectivity index is 2.83. The minimum atomic E-state index is -0.545. The fourth-order valence-electron chi connectivity index (χ4n) is 1.39. The quantitative estimate of drug-likeness (QED) is 0.688. The average molecular weight is 235 g/mol. The Morgan fingerprint density at radius 2 is 2.00 bits per heavy atom. The molecule has 92 valence electrons. The normalized spacial score (nSPS) is 11.9. The zero-order chi connectivity index (χ0) is 12.8. The van der Waals surface area contributed by atoms with Crippen LogP contribution in [0.4, 0.5) is 5.69 Å². The van der Waals surface area contributed by atoms with Crippen LogP contribution in [0.2, 0.25) is 0 Å². The van der Waals surface area contributed by atoms with Gasteiger partial charge in [0.25, 0.3) is 0 Å². The average Bonchev–Trinajstić information content (AvgIpc) is 2.29. The highest BCUT2D eigenvalue weighted by Gasteiger charge is 2.13. The Morgan fingerprint density at radius 3 is 2.59 bits per heavy atom. The maximum absolute atomic E-state index is 11.6. The molecule has 1 aromatic rings. The molecule has 0 bridgehead atoms. The molecule has 1 rings (SSSR count). The number of hydrogen-bond acceptors (Lipinski definition) is 3. The van der Waals surface area contributed by atoms with Crippen LogP contribution in [0.25, 0.3) is 0 Å². The lowest BCUT2D eigenvalue weighted by Gasteiger charge is -2.13. The van der Waals surface area contributed by atoms with Crippen LogP contribution in [-0.4, -0.2) is 17.9 Å². The SMILES string of the molecule is CC[C@H](N)C(=O)Nc1ccccc1CC(N)=O. The van der Waals surface area contributed by atoms with Crippen molar-refractivity contribution in [3.63, 3.8) is 0 Å². The van der Waals surface area contributed by atoms with Gasteiger partial charge in [-0.15, -0.1) is 0 Å². The zero-order valence-electron chi connectivity index (χ0n) is 9.77. The molecule has 0 saturated heterocycles.